The summed E-state index contributed by atoms with van der Waals surface area (Å²) in [6, 6.07) is 13.9. The van der Waals surface area contributed by atoms with E-state index in [1.165, 1.54) is 12.5 Å². The lowest BCUT2D eigenvalue weighted by Crippen LogP contribution is -2.19. The second kappa shape index (κ2) is 14.7. The zero-order chi connectivity index (χ0) is 30.9. The van der Waals surface area contributed by atoms with Crippen LogP contribution in [0.4, 0.5) is 10.1 Å². The Labute approximate surface area is 252 Å². The first-order valence-electron chi connectivity index (χ1n) is 14.8. The first-order valence-corrected chi connectivity index (χ1v) is 14.8. The van der Waals surface area contributed by atoms with Gasteiger partial charge >= 0.3 is 0 Å². The number of alkyl halides is 1. The molecular weight excluding hydrogens is 523 g/mol. The second-order valence-corrected chi connectivity index (χ2v) is 11.1. The van der Waals surface area contributed by atoms with Crippen LogP contribution in [0, 0.1) is 6.92 Å². The third-order valence-corrected chi connectivity index (χ3v) is 7.76. The van der Waals surface area contributed by atoms with Gasteiger partial charge in [0, 0.05) is 54.6 Å². The van der Waals surface area contributed by atoms with Crippen LogP contribution < -0.4 is 10.1 Å². The van der Waals surface area contributed by atoms with Gasteiger partial charge in [0.15, 0.2) is 6.30 Å². The van der Waals surface area contributed by atoms with E-state index in [9.17, 15) is 4.39 Å². The highest BCUT2D eigenvalue weighted by molar-refractivity contribution is 6.06. The number of aromatic nitrogens is 2. The Balaban J connectivity index is 2.06. The molecule has 2 aromatic carbocycles. The topological polar surface area (TPSA) is 42.3 Å². The average Bonchev–Trinajstić information content (AvgIpc) is 3.33. The predicted octanol–water partition coefficient (Wildman–Crippen LogP) is 9.84. The van der Waals surface area contributed by atoms with Gasteiger partial charge in [-0.3, -0.25) is 0 Å². The van der Waals surface area contributed by atoms with Crippen molar-refractivity contribution in [3.05, 3.63) is 102 Å². The average molecular weight is 571 g/mol. The number of allylic oxidation sites excluding steroid dienone is 5. The lowest BCUT2D eigenvalue weighted by atomic mass is 9.78. The van der Waals surface area contributed by atoms with Crippen LogP contribution in [0.1, 0.15) is 76.3 Å². The van der Waals surface area contributed by atoms with Crippen LogP contribution in [0.15, 0.2) is 79.7 Å². The van der Waals surface area contributed by atoms with Gasteiger partial charge in [-0.25, -0.2) is 9.07 Å². The number of hydrogen-bond acceptors (Lipinski definition) is 4. The number of benzene rings is 2. The first-order chi connectivity index (χ1) is 20.0. The van der Waals surface area contributed by atoms with Crippen LogP contribution in [0.25, 0.3) is 17.3 Å². The van der Waals surface area contributed by atoms with Crippen molar-refractivity contribution in [1.82, 2.24) is 14.7 Å². The molecule has 42 heavy (non-hydrogen) atoms. The molecule has 3 aromatic rings. The zero-order valence-corrected chi connectivity index (χ0v) is 26.5. The van der Waals surface area contributed by atoms with Crippen LogP contribution in [0.2, 0.25) is 0 Å². The minimum Gasteiger partial charge on any atom is -0.457 e. The molecule has 1 heterocycles. The van der Waals surface area contributed by atoms with Crippen molar-refractivity contribution in [2.75, 3.05) is 19.4 Å². The smallest absolute Gasteiger partial charge is 0.167 e. The molecule has 6 heteroatoms. The summed E-state index contributed by atoms with van der Waals surface area (Å²) >= 11 is 0. The highest BCUT2D eigenvalue weighted by atomic mass is 19.1. The maximum atomic E-state index is 14.3. The summed E-state index contributed by atoms with van der Waals surface area (Å²) < 4.78 is 22.5. The summed E-state index contributed by atoms with van der Waals surface area (Å²) in [4.78, 5) is 1.98. The summed E-state index contributed by atoms with van der Waals surface area (Å²) in [5.41, 5.74) is 6.25. The van der Waals surface area contributed by atoms with Crippen molar-refractivity contribution in [2.45, 2.75) is 72.5 Å². The van der Waals surface area contributed by atoms with Crippen LogP contribution >= 0.6 is 0 Å². The molecule has 0 bridgehead atoms. The van der Waals surface area contributed by atoms with Crippen molar-refractivity contribution < 1.29 is 9.13 Å². The van der Waals surface area contributed by atoms with Gasteiger partial charge in [0.25, 0.3) is 0 Å². The van der Waals surface area contributed by atoms with Gasteiger partial charge in [-0.15, -0.1) is 0 Å². The maximum Gasteiger partial charge on any atom is 0.167 e. The predicted molar refractivity (Wildman–Crippen MR) is 178 cm³/mol. The fourth-order valence-corrected chi connectivity index (χ4v) is 4.80. The maximum absolute atomic E-state index is 14.3. The SMILES string of the molecule is C=C(/C(=C\N(C)C)c1cnn(/C=C\C=C/CC)c1C)c1cc(Oc2cccc(C(C)(CC)CC)c2)ccc1NC(C)F. The summed E-state index contributed by atoms with van der Waals surface area (Å²) in [6.45, 7) is 16.8. The number of anilines is 1. The van der Waals surface area contributed by atoms with E-state index < -0.39 is 6.30 Å². The molecular formula is C36H47FN4O. The molecule has 5 nitrogen and oxygen atoms in total. The van der Waals surface area contributed by atoms with Gasteiger partial charge < -0.3 is 15.0 Å². The van der Waals surface area contributed by atoms with Gasteiger partial charge in [0.05, 0.1) is 6.20 Å². The van der Waals surface area contributed by atoms with Crippen LogP contribution in [-0.2, 0) is 5.41 Å². The normalized spacial score (nSPS) is 13.1. The minimum atomic E-state index is -1.24. The summed E-state index contributed by atoms with van der Waals surface area (Å²) in [5, 5.41) is 7.54. The van der Waals surface area contributed by atoms with E-state index in [-0.39, 0.29) is 5.41 Å². The number of nitrogens with one attached hydrogen (secondary N) is 1. The fourth-order valence-electron chi connectivity index (χ4n) is 4.80. The van der Waals surface area contributed by atoms with Gasteiger partial charge in [-0.1, -0.05) is 58.6 Å². The number of nitrogens with zero attached hydrogens (tertiary/aromatic N) is 3. The van der Waals surface area contributed by atoms with E-state index in [4.69, 9.17) is 4.74 Å². The summed E-state index contributed by atoms with van der Waals surface area (Å²) in [6.07, 6.45) is 13.7. The molecule has 0 spiro atoms. The second-order valence-electron chi connectivity index (χ2n) is 11.1. The minimum absolute atomic E-state index is 0.0828. The molecule has 0 radical (unpaired) electrons. The van der Waals surface area contributed by atoms with Gasteiger partial charge in [0.2, 0.25) is 0 Å². The first kappa shape index (κ1) is 32.5. The Bertz CT molecular complexity index is 1440. The fraction of sp³-hybridized carbons (Fsp3) is 0.361. The van der Waals surface area contributed by atoms with Crippen molar-refractivity contribution in [3.8, 4) is 11.5 Å². The Morgan fingerprint density at radius 2 is 1.81 bits per heavy atom. The molecule has 0 amide bonds. The number of ether oxygens (including phenoxy) is 1. The molecule has 1 atom stereocenters. The highest BCUT2D eigenvalue weighted by Gasteiger charge is 2.23. The van der Waals surface area contributed by atoms with Gasteiger partial charge in [-0.2, -0.15) is 5.10 Å². The van der Waals surface area contributed by atoms with Gasteiger partial charge in [0.1, 0.15) is 11.5 Å². The number of rotatable bonds is 14. The van der Waals surface area contributed by atoms with Crippen LogP contribution in [0.5, 0.6) is 11.5 Å². The van der Waals surface area contributed by atoms with Crippen molar-refractivity contribution in [3.63, 3.8) is 0 Å². The summed E-state index contributed by atoms with van der Waals surface area (Å²) in [7, 11) is 3.94. The Morgan fingerprint density at radius 1 is 1.10 bits per heavy atom. The largest absolute Gasteiger partial charge is 0.457 e. The van der Waals surface area contributed by atoms with Crippen LogP contribution in [-0.4, -0.2) is 35.1 Å². The Morgan fingerprint density at radius 3 is 2.45 bits per heavy atom. The lowest BCUT2D eigenvalue weighted by molar-refractivity contribution is 0.402. The molecule has 1 aromatic heterocycles. The monoisotopic (exact) mass is 570 g/mol. The zero-order valence-electron chi connectivity index (χ0n) is 26.5. The molecule has 0 aliphatic carbocycles. The number of hydrogen-bond donors (Lipinski definition) is 1. The van der Waals surface area contributed by atoms with Crippen LogP contribution in [0.3, 0.4) is 0 Å². The third-order valence-electron chi connectivity index (χ3n) is 7.76. The van der Waals surface area contributed by atoms with Crippen molar-refractivity contribution in [1.29, 1.82) is 0 Å². The van der Waals surface area contributed by atoms with Crippen molar-refractivity contribution >= 4 is 23.0 Å². The molecule has 1 unspecified atom stereocenters. The molecule has 0 saturated heterocycles. The lowest BCUT2D eigenvalue weighted by Gasteiger charge is -2.27. The van der Waals surface area contributed by atoms with E-state index in [2.05, 4.69) is 62.9 Å². The molecule has 0 aliphatic rings. The third kappa shape index (κ3) is 8.03. The molecule has 224 valence electrons. The molecule has 0 fully saturated rings. The number of halogens is 1. The Hall–Kier alpha value is -4.06. The van der Waals surface area contributed by atoms with Gasteiger partial charge in [-0.05, 0) is 86.1 Å². The van der Waals surface area contributed by atoms with E-state index in [0.717, 1.165) is 53.0 Å². The van der Waals surface area contributed by atoms with E-state index in [1.807, 2.05) is 91.7 Å². The summed E-state index contributed by atoms with van der Waals surface area (Å²) in [5.74, 6) is 1.42. The Kier molecular flexibility index (Phi) is 11.4. The van der Waals surface area contributed by atoms with E-state index in [0.29, 0.717) is 11.4 Å². The molecule has 3 rings (SSSR count). The van der Waals surface area contributed by atoms with E-state index in [1.54, 1.807) is 0 Å². The molecule has 0 saturated carbocycles. The standard InChI is InChI=1S/C36H47FN4O/c1-10-13-14-15-21-41-27(5)33(24-38-41)34(25-40(8)9)26(4)32-23-31(19-20-35(32)39-28(6)37)42-30-18-16-17-29(22-30)36(7,11-2)12-3/h13-25,28,39H,4,10-12H2,1-3,5-9H3/b14-13-,21-15-,34-25+. The van der Waals surface area contributed by atoms with E-state index >= 15 is 0 Å². The molecule has 0 aliphatic heterocycles. The quantitative estimate of drug-likeness (QED) is 0.155. The highest BCUT2D eigenvalue weighted by Crippen LogP contribution is 2.39. The molecule has 1 N–H and O–H groups in total. The van der Waals surface area contributed by atoms with Crippen molar-refractivity contribution in [2.24, 2.45) is 0 Å².